The zero-order chi connectivity index (χ0) is 13.8. The predicted octanol–water partition coefficient (Wildman–Crippen LogP) is 3.13. The zero-order valence-corrected chi connectivity index (χ0v) is 12.1. The van der Waals surface area contributed by atoms with Gasteiger partial charge in [0.05, 0.1) is 6.04 Å². The molecule has 2 atom stereocenters. The summed E-state index contributed by atoms with van der Waals surface area (Å²) in [5, 5.41) is 2.02. The molecule has 0 bridgehead atoms. The topological polar surface area (TPSA) is 46.6 Å². The van der Waals surface area contributed by atoms with E-state index in [-0.39, 0.29) is 17.9 Å². The Labute approximate surface area is 116 Å². The van der Waals surface area contributed by atoms with Gasteiger partial charge in [-0.2, -0.15) is 0 Å². The number of fused-ring (bicyclic) bond motifs is 3. The third-order valence-corrected chi connectivity index (χ3v) is 4.53. The van der Waals surface area contributed by atoms with Crippen molar-refractivity contribution >= 4 is 23.3 Å². The first-order chi connectivity index (χ1) is 8.87. The van der Waals surface area contributed by atoms with Crippen LogP contribution in [0.3, 0.4) is 0 Å². The second-order valence-corrected chi connectivity index (χ2v) is 7.16. The highest BCUT2D eigenvalue weighted by atomic mass is 32.1. The molecule has 0 aromatic carbocycles. The molecule has 2 unspecified atom stereocenters. The molecule has 1 aliphatic carbocycles. The minimum atomic E-state index is -0.578. The van der Waals surface area contributed by atoms with Crippen molar-refractivity contribution < 1.29 is 14.3 Å². The van der Waals surface area contributed by atoms with E-state index in [1.54, 1.807) is 11.3 Å². The van der Waals surface area contributed by atoms with Gasteiger partial charge in [-0.25, -0.2) is 9.69 Å². The van der Waals surface area contributed by atoms with Gasteiger partial charge in [0.1, 0.15) is 5.60 Å². The van der Waals surface area contributed by atoms with Crippen LogP contribution < -0.4 is 0 Å². The van der Waals surface area contributed by atoms with E-state index in [1.807, 2.05) is 32.2 Å². The fourth-order valence-electron chi connectivity index (χ4n) is 2.92. The molecule has 1 aliphatic heterocycles. The van der Waals surface area contributed by atoms with Gasteiger partial charge in [-0.15, -0.1) is 11.3 Å². The summed E-state index contributed by atoms with van der Waals surface area (Å²) in [5.41, 5.74) is 0.553. The molecular formula is C14H17NO3S. The molecule has 0 radical (unpaired) electrons. The maximum atomic E-state index is 12.2. The fraction of sp³-hybridized carbons (Fsp3) is 0.571. The number of carbonyl (C=O) groups is 2. The molecular weight excluding hydrogens is 262 g/mol. The van der Waals surface area contributed by atoms with Gasteiger partial charge in [-0.05, 0) is 50.1 Å². The second-order valence-electron chi connectivity index (χ2n) is 6.16. The minimum Gasteiger partial charge on any atom is -0.443 e. The molecule has 0 saturated carbocycles. The molecule has 102 valence electrons. The third kappa shape index (κ3) is 2.06. The Morgan fingerprint density at radius 1 is 1.42 bits per heavy atom. The number of rotatable bonds is 0. The average Bonchev–Trinajstić information content (AvgIpc) is 2.84. The van der Waals surface area contributed by atoms with Crippen molar-refractivity contribution in [3.05, 3.63) is 21.9 Å². The molecule has 1 saturated heterocycles. The van der Waals surface area contributed by atoms with Crippen molar-refractivity contribution in [3.63, 3.8) is 0 Å². The molecule has 19 heavy (non-hydrogen) atoms. The van der Waals surface area contributed by atoms with Crippen molar-refractivity contribution in [1.82, 2.24) is 4.90 Å². The molecule has 2 aliphatic rings. The number of ether oxygens (including phenoxy) is 1. The molecule has 2 amide bonds. The van der Waals surface area contributed by atoms with Crippen LogP contribution in [0.1, 0.15) is 43.7 Å². The predicted molar refractivity (Wildman–Crippen MR) is 72.0 cm³/mol. The second kappa shape index (κ2) is 4.07. The number of carbonyl (C=O) groups excluding carboxylic acids is 2. The molecule has 0 N–H and O–H groups in total. The Kier molecular flexibility index (Phi) is 2.71. The summed E-state index contributed by atoms with van der Waals surface area (Å²) in [4.78, 5) is 26.9. The summed E-state index contributed by atoms with van der Waals surface area (Å²) in [6.45, 7) is 5.44. The molecule has 1 aromatic heterocycles. The van der Waals surface area contributed by atoms with Crippen molar-refractivity contribution in [2.75, 3.05) is 0 Å². The summed E-state index contributed by atoms with van der Waals surface area (Å²) in [7, 11) is 0. The van der Waals surface area contributed by atoms with Gasteiger partial charge in [0, 0.05) is 11.3 Å². The van der Waals surface area contributed by atoms with Crippen LogP contribution in [0, 0.1) is 5.92 Å². The maximum absolute atomic E-state index is 12.2. The van der Waals surface area contributed by atoms with Crippen molar-refractivity contribution in [2.24, 2.45) is 5.92 Å². The highest BCUT2D eigenvalue weighted by molar-refractivity contribution is 7.10. The number of likely N-dealkylation sites (tertiary alicyclic amines) is 1. The van der Waals surface area contributed by atoms with Crippen LogP contribution in [0.15, 0.2) is 11.4 Å². The van der Waals surface area contributed by atoms with Crippen LogP contribution in [0.2, 0.25) is 0 Å². The number of nitrogens with zero attached hydrogens (tertiary/aromatic N) is 1. The largest absolute Gasteiger partial charge is 0.443 e. The maximum Gasteiger partial charge on any atom is 0.417 e. The lowest BCUT2D eigenvalue weighted by Gasteiger charge is -2.27. The summed E-state index contributed by atoms with van der Waals surface area (Å²) < 4.78 is 5.36. The first kappa shape index (κ1) is 12.7. The van der Waals surface area contributed by atoms with Crippen molar-refractivity contribution in [3.8, 4) is 0 Å². The van der Waals surface area contributed by atoms with Crippen molar-refractivity contribution in [2.45, 2.75) is 45.3 Å². The van der Waals surface area contributed by atoms with E-state index in [9.17, 15) is 9.59 Å². The molecule has 0 spiro atoms. The zero-order valence-electron chi connectivity index (χ0n) is 11.3. The lowest BCUT2D eigenvalue weighted by molar-refractivity contribution is -0.128. The van der Waals surface area contributed by atoms with Gasteiger partial charge in [0.25, 0.3) is 0 Å². The summed E-state index contributed by atoms with van der Waals surface area (Å²) in [5.74, 6) is 0.128. The first-order valence-electron chi connectivity index (χ1n) is 6.48. The normalized spacial score (nSPS) is 25.4. The van der Waals surface area contributed by atoms with Crippen molar-refractivity contribution in [1.29, 1.82) is 0 Å². The van der Waals surface area contributed by atoms with E-state index in [0.717, 1.165) is 12.0 Å². The van der Waals surface area contributed by atoms with E-state index in [1.165, 1.54) is 9.78 Å². The Morgan fingerprint density at radius 2 is 2.16 bits per heavy atom. The van der Waals surface area contributed by atoms with E-state index in [4.69, 9.17) is 4.74 Å². The molecule has 5 heteroatoms. The molecule has 3 rings (SSSR count). The third-order valence-electron chi connectivity index (χ3n) is 3.57. The van der Waals surface area contributed by atoms with Crippen LogP contribution in [-0.4, -0.2) is 22.5 Å². The van der Waals surface area contributed by atoms with E-state index in [0.29, 0.717) is 6.42 Å². The Morgan fingerprint density at radius 3 is 2.84 bits per heavy atom. The standard InChI is InChI=1S/C14H17NO3S/c1-14(2,3)18-13(17)15-11(16)7-8-6-10-9(12(8)15)4-5-19-10/h4-5,8,12H,6-7H2,1-3H3. The fourth-order valence-corrected chi connectivity index (χ4v) is 3.94. The highest BCUT2D eigenvalue weighted by Gasteiger charge is 2.50. The first-order valence-corrected chi connectivity index (χ1v) is 7.36. The van der Waals surface area contributed by atoms with E-state index >= 15 is 0 Å². The molecule has 2 heterocycles. The summed E-state index contributed by atoms with van der Waals surface area (Å²) in [6.07, 6.45) is 0.845. The van der Waals surface area contributed by atoms with Gasteiger partial charge in [0.15, 0.2) is 0 Å². The summed E-state index contributed by atoms with van der Waals surface area (Å²) in [6, 6.07) is 1.92. The highest BCUT2D eigenvalue weighted by Crippen LogP contribution is 2.49. The summed E-state index contributed by atoms with van der Waals surface area (Å²) >= 11 is 1.71. The lowest BCUT2D eigenvalue weighted by atomic mass is 10.0. The molecule has 1 fully saturated rings. The van der Waals surface area contributed by atoms with Gasteiger partial charge in [-0.3, -0.25) is 4.79 Å². The monoisotopic (exact) mass is 279 g/mol. The van der Waals surface area contributed by atoms with Crippen LogP contribution in [0.25, 0.3) is 0 Å². The quantitative estimate of drug-likeness (QED) is 0.733. The average molecular weight is 279 g/mol. The van der Waals surface area contributed by atoms with Crippen LogP contribution in [0.5, 0.6) is 0 Å². The van der Waals surface area contributed by atoms with E-state index in [2.05, 4.69) is 0 Å². The smallest absolute Gasteiger partial charge is 0.417 e. The number of imide groups is 1. The van der Waals surface area contributed by atoms with Crippen LogP contribution in [0.4, 0.5) is 4.79 Å². The van der Waals surface area contributed by atoms with Gasteiger partial charge < -0.3 is 4.74 Å². The number of hydrogen-bond donors (Lipinski definition) is 0. The van der Waals surface area contributed by atoms with Crippen LogP contribution in [-0.2, 0) is 16.0 Å². The Balaban J connectivity index is 1.89. The number of thiophene rings is 1. The lowest BCUT2D eigenvalue weighted by Crippen LogP contribution is -2.39. The number of amides is 2. The Hall–Kier alpha value is -1.36. The number of hydrogen-bond acceptors (Lipinski definition) is 4. The van der Waals surface area contributed by atoms with Gasteiger partial charge in [-0.1, -0.05) is 0 Å². The minimum absolute atomic E-state index is 0.108. The Bertz CT molecular complexity index is 543. The van der Waals surface area contributed by atoms with E-state index < -0.39 is 11.7 Å². The molecule has 4 nitrogen and oxygen atoms in total. The SMILES string of the molecule is CC(C)(C)OC(=O)N1C(=O)CC2Cc3sccc3C21. The van der Waals surface area contributed by atoms with Gasteiger partial charge in [0.2, 0.25) is 5.91 Å². The molecule has 1 aromatic rings. The van der Waals surface area contributed by atoms with Gasteiger partial charge >= 0.3 is 6.09 Å². The van der Waals surface area contributed by atoms with Crippen LogP contribution >= 0.6 is 11.3 Å².